The highest BCUT2D eigenvalue weighted by atomic mass is 35.5. The molecule has 0 radical (unpaired) electrons. The first-order valence-electron chi connectivity index (χ1n) is 7.01. The van der Waals surface area contributed by atoms with E-state index in [0.717, 1.165) is 22.8 Å². The van der Waals surface area contributed by atoms with E-state index in [1.54, 1.807) is 6.20 Å². The molecule has 3 aromatic rings. The first kappa shape index (κ1) is 16.9. The fraction of sp³-hybridized carbons (Fsp3) is 0.118. The zero-order valence-electron chi connectivity index (χ0n) is 12.4. The second-order valence-corrected chi connectivity index (χ2v) is 4.68. The fourth-order valence-electron chi connectivity index (χ4n) is 2.03. The van der Waals surface area contributed by atoms with Crippen LogP contribution in [0.2, 0.25) is 0 Å². The van der Waals surface area contributed by atoms with E-state index >= 15 is 0 Å². The molecule has 2 N–H and O–H groups in total. The lowest BCUT2D eigenvalue weighted by atomic mass is 10.2. The van der Waals surface area contributed by atoms with E-state index in [1.807, 2.05) is 54.6 Å². The first-order valence-corrected chi connectivity index (χ1v) is 7.01. The molecule has 0 bridgehead atoms. The Bertz CT molecular complexity index is 738. The topological polar surface area (TPSA) is 73.9 Å². The number of benzene rings is 1. The highest BCUT2D eigenvalue weighted by Gasteiger charge is 2.07. The van der Waals surface area contributed by atoms with Gasteiger partial charge in [-0.15, -0.1) is 12.4 Å². The van der Waals surface area contributed by atoms with Crippen LogP contribution in [0.5, 0.6) is 5.75 Å². The van der Waals surface area contributed by atoms with Crippen LogP contribution in [0.3, 0.4) is 0 Å². The average molecular weight is 329 g/mol. The number of para-hydroxylation sites is 1. The summed E-state index contributed by atoms with van der Waals surface area (Å²) in [5, 5.41) is 0. The molecule has 5 nitrogen and oxygen atoms in total. The van der Waals surface area contributed by atoms with Gasteiger partial charge in [0.2, 0.25) is 0 Å². The van der Waals surface area contributed by atoms with E-state index in [2.05, 4.69) is 15.0 Å². The van der Waals surface area contributed by atoms with Gasteiger partial charge in [0.15, 0.2) is 5.82 Å². The maximum Gasteiger partial charge on any atom is 0.167 e. The monoisotopic (exact) mass is 328 g/mol. The van der Waals surface area contributed by atoms with Crippen molar-refractivity contribution in [1.29, 1.82) is 0 Å². The number of hydrogen-bond donors (Lipinski definition) is 1. The zero-order chi connectivity index (χ0) is 15.2. The second-order valence-electron chi connectivity index (χ2n) is 4.68. The summed E-state index contributed by atoms with van der Waals surface area (Å²) < 4.78 is 5.70. The van der Waals surface area contributed by atoms with Crippen molar-refractivity contribution in [3.63, 3.8) is 0 Å². The molecule has 2 heterocycles. The van der Waals surface area contributed by atoms with Crippen LogP contribution in [-0.4, -0.2) is 15.0 Å². The molecule has 2 aromatic heterocycles. The molecule has 0 aliphatic heterocycles. The van der Waals surface area contributed by atoms with Crippen LogP contribution < -0.4 is 10.5 Å². The fourth-order valence-corrected chi connectivity index (χ4v) is 2.03. The quantitative estimate of drug-likeness (QED) is 0.779. The summed E-state index contributed by atoms with van der Waals surface area (Å²) in [5.74, 6) is 1.37. The molecule has 1 aromatic carbocycles. The Labute approximate surface area is 141 Å². The molecule has 0 fully saturated rings. The molecule has 0 spiro atoms. The number of halogens is 1. The Morgan fingerprint density at radius 3 is 2.39 bits per heavy atom. The molecule has 0 saturated carbocycles. The Balaban J connectivity index is 0.00000192. The molecule has 0 unspecified atom stereocenters. The first-order chi connectivity index (χ1) is 10.8. The van der Waals surface area contributed by atoms with Gasteiger partial charge in [0.25, 0.3) is 0 Å². The van der Waals surface area contributed by atoms with E-state index in [0.29, 0.717) is 12.4 Å². The van der Waals surface area contributed by atoms with Crippen LogP contribution in [0.15, 0.2) is 60.8 Å². The minimum absolute atomic E-state index is 0. The third-order valence-corrected chi connectivity index (χ3v) is 3.07. The highest BCUT2D eigenvalue weighted by Crippen LogP contribution is 2.16. The van der Waals surface area contributed by atoms with Crippen molar-refractivity contribution in [2.24, 2.45) is 5.73 Å². The summed E-state index contributed by atoms with van der Waals surface area (Å²) in [7, 11) is 0. The maximum atomic E-state index is 5.72. The summed E-state index contributed by atoms with van der Waals surface area (Å²) in [4.78, 5) is 13.2. The lowest BCUT2D eigenvalue weighted by molar-refractivity contribution is 0.295. The number of pyridine rings is 1. The molecule has 118 valence electrons. The van der Waals surface area contributed by atoms with Gasteiger partial charge in [0.1, 0.15) is 12.4 Å². The van der Waals surface area contributed by atoms with Crippen LogP contribution in [0, 0.1) is 0 Å². The van der Waals surface area contributed by atoms with Gasteiger partial charge in [0.05, 0.1) is 17.1 Å². The minimum atomic E-state index is 0. The van der Waals surface area contributed by atoms with Gasteiger partial charge in [-0.25, -0.2) is 9.97 Å². The lowest BCUT2D eigenvalue weighted by Crippen LogP contribution is -2.08. The van der Waals surface area contributed by atoms with E-state index in [1.165, 1.54) is 0 Å². The van der Waals surface area contributed by atoms with Crippen LogP contribution in [0.25, 0.3) is 11.4 Å². The number of aromatic nitrogens is 3. The molecular weight excluding hydrogens is 312 g/mol. The molecule has 6 heteroatoms. The Hall–Kier alpha value is -2.50. The summed E-state index contributed by atoms with van der Waals surface area (Å²) in [5.41, 5.74) is 8.03. The van der Waals surface area contributed by atoms with Crippen molar-refractivity contribution in [1.82, 2.24) is 15.0 Å². The number of hydrogen-bond acceptors (Lipinski definition) is 5. The minimum Gasteiger partial charge on any atom is -0.486 e. The summed E-state index contributed by atoms with van der Waals surface area (Å²) in [6, 6.07) is 17.1. The van der Waals surface area contributed by atoms with Crippen molar-refractivity contribution in [3.05, 3.63) is 72.3 Å². The van der Waals surface area contributed by atoms with Gasteiger partial charge in [-0.3, -0.25) is 4.98 Å². The van der Waals surface area contributed by atoms with Crippen molar-refractivity contribution in [2.75, 3.05) is 0 Å². The molecule has 0 atom stereocenters. The summed E-state index contributed by atoms with van der Waals surface area (Å²) in [6.07, 6.45) is 1.74. The smallest absolute Gasteiger partial charge is 0.167 e. The number of ether oxygens (including phenoxy) is 1. The van der Waals surface area contributed by atoms with Gasteiger partial charge in [0, 0.05) is 12.7 Å². The predicted molar refractivity (Wildman–Crippen MR) is 91.2 cm³/mol. The van der Waals surface area contributed by atoms with Gasteiger partial charge in [-0.2, -0.15) is 0 Å². The molecule has 0 aliphatic rings. The highest BCUT2D eigenvalue weighted by molar-refractivity contribution is 5.85. The Morgan fingerprint density at radius 2 is 1.70 bits per heavy atom. The number of rotatable bonds is 5. The summed E-state index contributed by atoms with van der Waals surface area (Å²) in [6.45, 7) is 0.637. The van der Waals surface area contributed by atoms with E-state index in [9.17, 15) is 0 Å². The van der Waals surface area contributed by atoms with E-state index in [-0.39, 0.29) is 19.0 Å². The van der Waals surface area contributed by atoms with E-state index < -0.39 is 0 Å². The predicted octanol–water partition coefficient (Wildman–Crippen LogP) is 3.00. The average Bonchev–Trinajstić information content (AvgIpc) is 2.61. The summed E-state index contributed by atoms with van der Waals surface area (Å²) >= 11 is 0. The van der Waals surface area contributed by atoms with Crippen molar-refractivity contribution >= 4 is 12.4 Å². The van der Waals surface area contributed by atoms with Crippen LogP contribution in [0.4, 0.5) is 0 Å². The van der Waals surface area contributed by atoms with Crippen LogP contribution >= 0.6 is 12.4 Å². The molecule has 23 heavy (non-hydrogen) atoms. The SMILES string of the molecule is Cl.NCc1cc(-c2ccccn2)nc(COc2ccccc2)n1. The number of nitrogens with two attached hydrogens (primary N) is 1. The molecule has 0 amide bonds. The second kappa shape index (κ2) is 8.22. The maximum absolute atomic E-state index is 5.72. The van der Waals surface area contributed by atoms with Gasteiger partial charge in [-0.1, -0.05) is 24.3 Å². The number of nitrogens with zero attached hydrogens (tertiary/aromatic N) is 3. The van der Waals surface area contributed by atoms with Crippen LogP contribution in [0.1, 0.15) is 11.5 Å². The zero-order valence-corrected chi connectivity index (χ0v) is 13.2. The Kier molecular flexibility index (Phi) is 6.02. The normalized spacial score (nSPS) is 9.96. The van der Waals surface area contributed by atoms with Gasteiger partial charge < -0.3 is 10.5 Å². The van der Waals surface area contributed by atoms with Crippen LogP contribution in [-0.2, 0) is 13.2 Å². The Morgan fingerprint density at radius 1 is 0.913 bits per heavy atom. The molecular formula is C17H17ClN4O. The van der Waals surface area contributed by atoms with E-state index in [4.69, 9.17) is 10.5 Å². The van der Waals surface area contributed by atoms with Gasteiger partial charge >= 0.3 is 0 Å². The molecule has 3 rings (SSSR count). The third kappa shape index (κ3) is 4.48. The van der Waals surface area contributed by atoms with Crippen molar-refractivity contribution in [2.45, 2.75) is 13.2 Å². The van der Waals surface area contributed by atoms with Crippen molar-refractivity contribution < 1.29 is 4.74 Å². The molecule has 0 aliphatic carbocycles. The van der Waals surface area contributed by atoms with Gasteiger partial charge in [-0.05, 0) is 30.3 Å². The molecule has 0 saturated heterocycles. The van der Waals surface area contributed by atoms with Crippen molar-refractivity contribution in [3.8, 4) is 17.1 Å². The third-order valence-electron chi connectivity index (χ3n) is 3.07. The standard InChI is InChI=1S/C17H16N4O.ClH/c18-11-13-10-16(15-8-4-5-9-19-15)21-17(20-13)12-22-14-6-2-1-3-7-14;/h1-10H,11-12,18H2;1H. The lowest BCUT2D eigenvalue weighted by Gasteiger charge is -2.08. The largest absolute Gasteiger partial charge is 0.486 e.